The van der Waals surface area contributed by atoms with Gasteiger partial charge in [-0.3, -0.25) is 4.79 Å². The Morgan fingerprint density at radius 3 is 2.00 bits per heavy atom. The minimum Gasteiger partial charge on any atom is -0.493 e. The Morgan fingerprint density at radius 1 is 0.862 bits per heavy atom. The highest BCUT2D eigenvalue weighted by Gasteiger charge is 2.26. The van der Waals surface area contributed by atoms with Gasteiger partial charge in [0.1, 0.15) is 11.3 Å². The van der Waals surface area contributed by atoms with Gasteiger partial charge in [0.15, 0.2) is 17.6 Å². The standard InChI is InChI=1S/C20H20F2O7/c1-11(16(23)12-5-7-13(8-6-12)29-20(21)22)28-19(24)14-9-10-15(25-2)18(27-4)17(14)26-3/h5-11,20H,1-4H3/t11-/m0/s1. The van der Waals surface area contributed by atoms with Crippen molar-refractivity contribution in [3.05, 3.63) is 47.5 Å². The predicted molar refractivity (Wildman–Crippen MR) is 98.4 cm³/mol. The van der Waals surface area contributed by atoms with Crippen LogP contribution in [0.25, 0.3) is 0 Å². The van der Waals surface area contributed by atoms with Crippen LogP contribution in [-0.4, -0.2) is 45.8 Å². The van der Waals surface area contributed by atoms with Gasteiger partial charge in [0.2, 0.25) is 11.5 Å². The summed E-state index contributed by atoms with van der Waals surface area (Å²) in [4.78, 5) is 25.0. The quantitative estimate of drug-likeness (QED) is 0.460. The molecule has 7 nitrogen and oxygen atoms in total. The molecule has 0 fully saturated rings. The highest BCUT2D eigenvalue weighted by atomic mass is 19.3. The van der Waals surface area contributed by atoms with Gasteiger partial charge in [0, 0.05) is 5.56 Å². The number of methoxy groups -OCH3 is 3. The van der Waals surface area contributed by atoms with Crippen LogP contribution in [0.15, 0.2) is 36.4 Å². The highest BCUT2D eigenvalue weighted by molar-refractivity contribution is 6.02. The molecule has 0 saturated heterocycles. The Morgan fingerprint density at radius 2 is 1.48 bits per heavy atom. The fourth-order valence-electron chi connectivity index (χ4n) is 2.57. The Labute approximate surface area is 166 Å². The molecule has 0 aliphatic rings. The molecule has 0 unspecified atom stereocenters. The maximum atomic E-state index is 12.6. The summed E-state index contributed by atoms with van der Waals surface area (Å²) in [5.74, 6) is -0.738. The topological polar surface area (TPSA) is 80.3 Å². The summed E-state index contributed by atoms with van der Waals surface area (Å²) in [6.45, 7) is -1.57. The van der Waals surface area contributed by atoms with E-state index in [2.05, 4.69) is 4.74 Å². The Hall–Kier alpha value is -3.36. The van der Waals surface area contributed by atoms with E-state index in [9.17, 15) is 18.4 Å². The van der Waals surface area contributed by atoms with Gasteiger partial charge < -0.3 is 23.7 Å². The van der Waals surface area contributed by atoms with Gasteiger partial charge in [-0.2, -0.15) is 8.78 Å². The Kier molecular flexibility index (Phi) is 7.35. The van der Waals surface area contributed by atoms with Crippen molar-refractivity contribution in [1.82, 2.24) is 0 Å². The van der Waals surface area contributed by atoms with Crippen molar-refractivity contribution in [2.24, 2.45) is 0 Å². The molecule has 0 saturated carbocycles. The van der Waals surface area contributed by atoms with Crippen molar-refractivity contribution in [1.29, 1.82) is 0 Å². The van der Waals surface area contributed by atoms with E-state index in [1.54, 1.807) is 0 Å². The molecule has 2 aromatic carbocycles. The van der Waals surface area contributed by atoms with E-state index in [0.717, 1.165) is 0 Å². The number of hydrogen-bond acceptors (Lipinski definition) is 7. The summed E-state index contributed by atoms with van der Waals surface area (Å²) in [5, 5.41) is 0. The van der Waals surface area contributed by atoms with E-state index in [4.69, 9.17) is 18.9 Å². The second-order valence-corrected chi connectivity index (χ2v) is 5.70. The lowest BCUT2D eigenvalue weighted by Gasteiger charge is -2.17. The molecule has 0 radical (unpaired) electrons. The highest BCUT2D eigenvalue weighted by Crippen LogP contribution is 2.40. The van der Waals surface area contributed by atoms with Crippen molar-refractivity contribution in [2.45, 2.75) is 19.6 Å². The summed E-state index contributed by atoms with van der Waals surface area (Å²) >= 11 is 0. The van der Waals surface area contributed by atoms with Gasteiger partial charge in [-0.15, -0.1) is 0 Å². The molecular weight excluding hydrogens is 390 g/mol. The minimum atomic E-state index is -2.96. The minimum absolute atomic E-state index is 0.0467. The molecule has 0 aliphatic heterocycles. The van der Waals surface area contributed by atoms with Crippen LogP contribution >= 0.6 is 0 Å². The van der Waals surface area contributed by atoms with Crippen LogP contribution < -0.4 is 18.9 Å². The van der Waals surface area contributed by atoms with Crippen LogP contribution in [0.3, 0.4) is 0 Å². The number of ketones is 1. The third-order valence-electron chi connectivity index (χ3n) is 3.94. The summed E-state index contributed by atoms with van der Waals surface area (Å²) in [5.41, 5.74) is 0.219. The van der Waals surface area contributed by atoms with Gasteiger partial charge >= 0.3 is 12.6 Å². The van der Waals surface area contributed by atoms with Gasteiger partial charge in [-0.25, -0.2) is 4.79 Å². The number of ether oxygens (including phenoxy) is 5. The summed E-state index contributed by atoms with van der Waals surface area (Å²) < 4.78 is 49.5. The van der Waals surface area contributed by atoms with Crippen LogP contribution in [-0.2, 0) is 4.74 Å². The molecule has 0 spiro atoms. The van der Waals surface area contributed by atoms with Crippen LogP contribution in [0.2, 0.25) is 0 Å². The molecule has 2 aromatic rings. The number of alkyl halides is 2. The molecule has 0 heterocycles. The van der Waals surface area contributed by atoms with Crippen molar-refractivity contribution in [3.8, 4) is 23.0 Å². The maximum Gasteiger partial charge on any atom is 0.387 e. The first-order chi connectivity index (χ1) is 13.8. The smallest absolute Gasteiger partial charge is 0.387 e. The fourth-order valence-corrected chi connectivity index (χ4v) is 2.57. The Bertz CT molecular complexity index is 866. The van der Waals surface area contributed by atoms with Crippen molar-refractivity contribution >= 4 is 11.8 Å². The number of carbonyl (C=O) groups is 2. The monoisotopic (exact) mass is 410 g/mol. The molecular formula is C20H20F2O7. The molecule has 1 atom stereocenters. The second-order valence-electron chi connectivity index (χ2n) is 5.70. The first-order valence-corrected chi connectivity index (χ1v) is 8.41. The van der Waals surface area contributed by atoms with Crippen LogP contribution in [0.1, 0.15) is 27.6 Å². The molecule has 0 aromatic heterocycles. The van der Waals surface area contributed by atoms with Crippen molar-refractivity contribution in [3.63, 3.8) is 0 Å². The van der Waals surface area contributed by atoms with Gasteiger partial charge in [0.25, 0.3) is 0 Å². The lowest BCUT2D eigenvalue weighted by molar-refractivity contribution is -0.0498. The number of Topliss-reactive ketones (excluding diaryl/α,β-unsaturated/α-hetero) is 1. The number of hydrogen-bond donors (Lipinski definition) is 0. The first-order valence-electron chi connectivity index (χ1n) is 8.41. The Balaban J connectivity index is 2.17. The summed E-state index contributed by atoms with van der Waals surface area (Å²) in [7, 11) is 4.18. The lowest BCUT2D eigenvalue weighted by Crippen LogP contribution is -2.24. The molecule has 2 rings (SSSR count). The molecule has 9 heteroatoms. The zero-order valence-corrected chi connectivity index (χ0v) is 16.2. The second kappa shape index (κ2) is 9.72. The number of carbonyl (C=O) groups excluding carboxylic acids is 2. The molecule has 0 aliphatic carbocycles. The van der Waals surface area contributed by atoms with Crippen molar-refractivity contribution < 1.29 is 42.1 Å². The zero-order valence-electron chi connectivity index (χ0n) is 16.2. The SMILES string of the molecule is COc1ccc(C(=O)O[C@@H](C)C(=O)c2ccc(OC(F)F)cc2)c(OC)c1OC. The fraction of sp³-hybridized carbons (Fsp3) is 0.300. The van der Waals surface area contributed by atoms with Crippen LogP contribution in [0.4, 0.5) is 8.78 Å². The van der Waals surface area contributed by atoms with Gasteiger partial charge in [0.05, 0.1) is 21.3 Å². The first kappa shape index (κ1) is 21.9. The predicted octanol–water partition coefficient (Wildman–Crippen LogP) is 3.74. The van der Waals surface area contributed by atoms with Gasteiger partial charge in [-0.05, 0) is 43.3 Å². The number of rotatable bonds is 9. The molecule has 0 N–H and O–H groups in total. The van der Waals surface area contributed by atoms with Crippen LogP contribution in [0, 0.1) is 0 Å². The van der Waals surface area contributed by atoms with E-state index in [-0.39, 0.29) is 28.4 Å². The van der Waals surface area contributed by atoms with E-state index >= 15 is 0 Å². The van der Waals surface area contributed by atoms with Crippen molar-refractivity contribution in [2.75, 3.05) is 21.3 Å². The third kappa shape index (κ3) is 5.13. The average Bonchev–Trinajstić information content (AvgIpc) is 2.71. The zero-order chi connectivity index (χ0) is 21.6. The number of benzene rings is 2. The lowest BCUT2D eigenvalue weighted by atomic mass is 10.1. The normalized spacial score (nSPS) is 11.6. The largest absolute Gasteiger partial charge is 0.493 e. The maximum absolute atomic E-state index is 12.6. The molecule has 29 heavy (non-hydrogen) atoms. The van der Waals surface area contributed by atoms with E-state index in [1.165, 1.54) is 64.7 Å². The van der Waals surface area contributed by atoms with Gasteiger partial charge in [-0.1, -0.05) is 0 Å². The van der Waals surface area contributed by atoms with E-state index < -0.39 is 24.5 Å². The summed E-state index contributed by atoms with van der Waals surface area (Å²) in [6, 6.07) is 8.00. The number of esters is 1. The van der Waals surface area contributed by atoms with E-state index in [0.29, 0.717) is 5.75 Å². The average molecular weight is 410 g/mol. The van der Waals surface area contributed by atoms with E-state index in [1.807, 2.05) is 0 Å². The third-order valence-corrected chi connectivity index (χ3v) is 3.94. The molecule has 0 amide bonds. The number of halogens is 2. The summed E-state index contributed by atoms with van der Waals surface area (Å²) in [6.07, 6.45) is -1.14. The van der Waals surface area contributed by atoms with Crippen LogP contribution in [0.5, 0.6) is 23.0 Å². The molecule has 156 valence electrons. The molecule has 0 bridgehead atoms.